The summed E-state index contributed by atoms with van der Waals surface area (Å²) in [6.07, 6.45) is -5.41. The van der Waals surface area contributed by atoms with Crippen molar-refractivity contribution in [3.63, 3.8) is 0 Å². The number of hydrogen-bond donors (Lipinski definition) is 2. The van der Waals surface area contributed by atoms with Crippen molar-refractivity contribution in [3.8, 4) is 11.1 Å². The van der Waals surface area contributed by atoms with Gasteiger partial charge in [-0.05, 0) is 41.7 Å². The van der Waals surface area contributed by atoms with Crippen LogP contribution in [-0.2, 0) is 22.1 Å². The number of carbonyl (C=O) groups is 2. The minimum Gasteiger partial charge on any atom is -0.436 e. The summed E-state index contributed by atoms with van der Waals surface area (Å²) in [5, 5.41) is 2.68. The quantitative estimate of drug-likeness (QED) is 0.747. The largest absolute Gasteiger partial charge is 0.436 e. The number of rotatable bonds is 7. The lowest BCUT2D eigenvalue weighted by molar-refractivity contribution is -0.137. The summed E-state index contributed by atoms with van der Waals surface area (Å²) in [6, 6.07) is 12.3. The Balaban J connectivity index is 1.91. The lowest BCUT2D eigenvalue weighted by atomic mass is 10.0. The minimum absolute atomic E-state index is 0.316. The first kappa shape index (κ1) is 21.3. The lowest BCUT2D eigenvalue weighted by Gasteiger charge is -2.14. The van der Waals surface area contributed by atoms with Gasteiger partial charge in [-0.15, -0.1) is 0 Å². The predicted octanol–water partition coefficient (Wildman–Crippen LogP) is 3.91. The van der Waals surface area contributed by atoms with Crippen LogP contribution >= 0.6 is 0 Å². The molecule has 0 aliphatic heterocycles. The highest BCUT2D eigenvalue weighted by molar-refractivity contribution is 5.83. The molecule has 0 aromatic heterocycles. The molecule has 2 amide bonds. The Labute approximate surface area is 160 Å². The Morgan fingerprint density at radius 2 is 1.57 bits per heavy atom. The van der Waals surface area contributed by atoms with Gasteiger partial charge in [-0.2, -0.15) is 13.2 Å². The first-order valence-electron chi connectivity index (χ1n) is 8.71. The van der Waals surface area contributed by atoms with Gasteiger partial charge in [0.15, 0.2) is 6.10 Å². The van der Waals surface area contributed by atoms with Crippen LogP contribution in [-0.4, -0.2) is 24.6 Å². The Morgan fingerprint density at radius 1 is 1.04 bits per heavy atom. The molecule has 0 unspecified atom stereocenters. The van der Waals surface area contributed by atoms with Crippen LogP contribution in [0.4, 0.5) is 18.0 Å². The molecule has 5 nitrogen and oxygen atoms in total. The normalized spacial score (nSPS) is 12.3. The van der Waals surface area contributed by atoms with Crippen LogP contribution < -0.4 is 11.1 Å². The van der Waals surface area contributed by atoms with Crippen molar-refractivity contribution in [2.45, 2.75) is 32.0 Å². The van der Waals surface area contributed by atoms with Crippen LogP contribution in [0.1, 0.15) is 24.5 Å². The van der Waals surface area contributed by atoms with Gasteiger partial charge in [0.2, 0.25) is 0 Å². The lowest BCUT2D eigenvalue weighted by Crippen LogP contribution is -2.39. The molecule has 1 atom stereocenters. The van der Waals surface area contributed by atoms with Gasteiger partial charge in [-0.25, -0.2) is 4.79 Å². The SMILES string of the molecule is CC[C@H](OC(N)=O)C(=O)NCCc1ccc(-c2ccc(C(F)(F)F)cc2)cc1. The van der Waals surface area contributed by atoms with E-state index in [2.05, 4.69) is 5.32 Å². The number of alkyl halides is 3. The molecule has 0 aliphatic rings. The molecule has 8 heteroatoms. The molecular weight excluding hydrogens is 373 g/mol. The fraction of sp³-hybridized carbons (Fsp3) is 0.300. The van der Waals surface area contributed by atoms with Gasteiger partial charge < -0.3 is 15.8 Å². The van der Waals surface area contributed by atoms with E-state index in [0.29, 0.717) is 24.9 Å². The Bertz CT molecular complexity index is 803. The molecule has 2 rings (SSSR count). The fourth-order valence-electron chi connectivity index (χ4n) is 2.62. The third kappa shape index (κ3) is 6.00. The zero-order chi connectivity index (χ0) is 20.7. The van der Waals surface area contributed by atoms with E-state index in [4.69, 9.17) is 10.5 Å². The van der Waals surface area contributed by atoms with Crippen LogP contribution in [0.2, 0.25) is 0 Å². The molecule has 0 spiro atoms. The maximum absolute atomic E-state index is 12.6. The highest BCUT2D eigenvalue weighted by atomic mass is 19.4. The summed E-state index contributed by atoms with van der Waals surface area (Å²) in [4.78, 5) is 22.7. The van der Waals surface area contributed by atoms with Gasteiger partial charge in [0.1, 0.15) is 0 Å². The molecule has 2 aromatic carbocycles. The molecule has 28 heavy (non-hydrogen) atoms. The standard InChI is InChI=1S/C20H21F3N2O3/c1-2-17(28-19(24)27)18(26)25-12-11-13-3-5-14(6-4-13)15-7-9-16(10-8-15)20(21,22)23/h3-10,17H,2,11-12H2,1H3,(H2,24,27)(H,25,26)/t17-/m0/s1. The molecule has 0 saturated carbocycles. The number of hydrogen-bond acceptors (Lipinski definition) is 3. The number of carbonyl (C=O) groups excluding carboxylic acids is 2. The molecule has 0 radical (unpaired) electrons. The average molecular weight is 394 g/mol. The Hall–Kier alpha value is -3.03. The molecule has 0 bridgehead atoms. The summed E-state index contributed by atoms with van der Waals surface area (Å²) in [5.74, 6) is -0.414. The zero-order valence-electron chi connectivity index (χ0n) is 15.3. The molecule has 0 heterocycles. The third-order valence-electron chi connectivity index (χ3n) is 4.13. The number of ether oxygens (including phenoxy) is 1. The maximum atomic E-state index is 12.6. The van der Waals surface area contributed by atoms with Gasteiger partial charge in [-0.3, -0.25) is 4.79 Å². The maximum Gasteiger partial charge on any atom is 0.416 e. The van der Waals surface area contributed by atoms with Crippen molar-refractivity contribution in [3.05, 3.63) is 59.7 Å². The van der Waals surface area contributed by atoms with Crippen LogP contribution in [0.25, 0.3) is 11.1 Å². The smallest absolute Gasteiger partial charge is 0.416 e. The molecule has 150 valence electrons. The fourth-order valence-corrected chi connectivity index (χ4v) is 2.62. The van der Waals surface area contributed by atoms with E-state index in [1.54, 1.807) is 6.92 Å². The summed E-state index contributed by atoms with van der Waals surface area (Å²) in [5.41, 5.74) is 6.66. The average Bonchev–Trinajstić information content (AvgIpc) is 2.66. The van der Waals surface area contributed by atoms with E-state index in [9.17, 15) is 22.8 Å². The number of amides is 2. The molecule has 0 aliphatic carbocycles. The van der Waals surface area contributed by atoms with E-state index in [-0.39, 0.29) is 0 Å². The van der Waals surface area contributed by atoms with Crippen LogP contribution in [0.3, 0.4) is 0 Å². The Kier molecular flexibility index (Phi) is 7.03. The summed E-state index contributed by atoms with van der Waals surface area (Å²) in [6.45, 7) is 2.05. The van der Waals surface area contributed by atoms with Crippen LogP contribution in [0.15, 0.2) is 48.5 Å². The number of primary amides is 1. The number of benzene rings is 2. The highest BCUT2D eigenvalue weighted by Gasteiger charge is 2.29. The summed E-state index contributed by atoms with van der Waals surface area (Å²) < 4.78 is 42.6. The first-order valence-corrected chi connectivity index (χ1v) is 8.71. The van der Waals surface area contributed by atoms with Crippen molar-refractivity contribution < 1.29 is 27.5 Å². The summed E-state index contributed by atoms with van der Waals surface area (Å²) in [7, 11) is 0. The van der Waals surface area contributed by atoms with E-state index >= 15 is 0 Å². The topological polar surface area (TPSA) is 81.4 Å². The molecule has 0 fully saturated rings. The van der Waals surface area contributed by atoms with Gasteiger partial charge in [0, 0.05) is 6.54 Å². The molecule has 3 N–H and O–H groups in total. The van der Waals surface area contributed by atoms with Gasteiger partial charge >= 0.3 is 12.3 Å². The molecule has 0 saturated heterocycles. The van der Waals surface area contributed by atoms with Gasteiger partial charge in [0.25, 0.3) is 5.91 Å². The number of nitrogens with two attached hydrogens (primary N) is 1. The number of halogens is 3. The third-order valence-corrected chi connectivity index (χ3v) is 4.13. The van der Waals surface area contributed by atoms with Crippen molar-refractivity contribution in [1.82, 2.24) is 5.32 Å². The van der Waals surface area contributed by atoms with E-state index < -0.39 is 29.8 Å². The van der Waals surface area contributed by atoms with E-state index in [0.717, 1.165) is 23.3 Å². The minimum atomic E-state index is -4.36. The van der Waals surface area contributed by atoms with Crippen LogP contribution in [0.5, 0.6) is 0 Å². The second-order valence-corrected chi connectivity index (χ2v) is 6.15. The van der Waals surface area contributed by atoms with E-state index in [1.165, 1.54) is 12.1 Å². The molecule has 2 aromatic rings. The monoisotopic (exact) mass is 394 g/mol. The number of nitrogens with one attached hydrogen (secondary N) is 1. The second kappa shape index (κ2) is 9.25. The Morgan fingerprint density at radius 3 is 2.04 bits per heavy atom. The predicted molar refractivity (Wildman–Crippen MR) is 98.3 cm³/mol. The molecular formula is C20H21F3N2O3. The van der Waals surface area contributed by atoms with Gasteiger partial charge in [0.05, 0.1) is 5.56 Å². The van der Waals surface area contributed by atoms with Crippen LogP contribution in [0, 0.1) is 0 Å². The van der Waals surface area contributed by atoms with Crippen molar-refractivity contribution >= 4 is 12.0 Å². The van der Waals surface area contributed by atoms with Crippen molar-refractivity contribution in [2.24, 2.45) is 5.73 Å². The van der Waals surface area contributed by atoms with Crippen molar-refractivity contribution in [2.75, 3.05) is 6.54 Å². The highest BCUT2D eigenvalue weighted by Crippen LogP contribution is 2.31. The zero-order valence-corrected chi connectivity index (χ0v) is 15.3. The second-order valence-electron chi connectivity index (χ2n) is 6.15. The van der Waals surface area contributed by atoms with Gasteiger partial charge in [-0.1, -0.05) is 43.3 Å². The van der Waals surface area contributed by atoms with Crippen molar-refractivity contribution in [1.29, 1.82) is 0 Å². The first-order chi connectivity index (χ1) is 13.2. The summed E-state index contributed by atoms with van der Waals surface area (Å²) >= 11 is 0. The van der Waals surface area contributed by atoms with E-state index in [1.807, 2.05) is 24.3 Å².